The number of amides is 1. The summed E-state index contributed by atoms with van der Waals surface area (Å²) in [4.78, 5) is 15.3. The highest BCUT2D eigenvalue weighted by atomic mass is 35.5. The molecule has 138 valence electrons. The third-order valence-electron chi connectivity index (χ3n) is 4.41. The van der Waals surface area contributed by atoms with E-state index in [9.17, 15) is 4.79 Å². The number of nitrogens with two attached hydrogens (primary N) is 1. The summed E-state index contributed by atoms with van der Waals surface area (Å²) in [6, 6.07) is 15.6. The first-order valence-corrected chi connectivity index (χ1v) is 8.33. The average molecular weight is 374 g/mol. The number of hydrogen-bond donors (Lipinski definition) is 3. The molecule has 1 aromatic heterocycles. The summed E-state index contributed by atoms with van der Waals surface area (Å²) in [6.45, 7) is 2.16. The number of ether oxygens (including phenoxy) is 1. The minimum Gasteiger partial charge on any atom is -0.497 e. The van der Waals surface area contributed by atoms with Crippen LogP contribution in [0.3, 0.4) is 0 Å². The van der Waals surface area contributed by atoms with Crippen molar-refractivity contribution >= 4 is 29.2 Å². The lowest BCUT2D eigenvalue weighted by atomic mass is 9.90. The molecule has 6 heteroatoms. The van der Waals surface area contributed by atoms with Gasteiger partial charge >= 0.3 is 0 Å². The molecule has 2 aromatic carbocycles. The van der Waals surface area contributed by atoms with Crippen LogP contribution in [0.25, 0.3) is 10.9 Å². The predicted molar refractivity (Wildman–Crippen MR) is 107 cm³/mol. The van der Waals surface area contributed by atoms with Gasteiger partial charge in [0.2, 0.25) is 5.91 Å². The van der Waals surface area contributed by atoms with E-state index in [1.165, 1.54) is 0 Å². The van der Waals surface area contributed by atoms with Gasteiger partial charge in [0.1, 0.15) is 5.75 Å². The zero-order chi connectivity index (χ0) is 17.8. The Balaban J connectivity index is 0.00000243. The fourth-order valence-corrected chi connectivity index (χ4v) is 2.99. The van der Waals surface area contributed by atoms with Crippen molar-refractivity contribution < 1.29 is 9.53 Å². The number of benzene rings is 2. The van der Waals surface area contributed by atoms with E-state index in [0.29, 0.717) is 6.54 Å². The molecule has 26 heavy (non-hydrogen) atoms. The second-order valence-electron chi connectivity index (χ2n) is 6.15. The summed E-state index contributed by atoms with van der Waals surface area (Å²) in [5.74, 6) is 0.671. The Kier molecular flexibility index (Phi) is 6.66. The van der Waals surface area contributed by atoms with Gasteiger partial charge in [-0.1, -0.05) is 30.3 Å². The van der Waals surface area contributed by atoms with Gasteiger partial charge in [-0.2, -0.15) is 0 Å². The number of aromatic amines is 1. The van der Waals surface area contributed by atoms with Crippen LogP contribution in [0, 0.1) is 0 Å². The quantitative estimate of drug-likeness (QED) is 0.620. The number of hydrogen-bond acceptors (Lipinski definition) is 3. The Bertz CT molecular complexity index is 859. The summed E-state index contributed by atoms with van der Waals surface area (Å²) >= 11 is 0. The van der Waals surface area contributed by atoms with Crippen molar-refractivity contribution in [2.24, 2.45) is 5.73 Å². The molecule has 0 bridgehead atoms. The molecule has 3 rings (SSSR count). The number of aromatic nitrogens is 1. The summed E-state index contributed by atoms with van der Waals surface area (Å²) in [5.41, 5.74) is 9.00. The van der Waals surface area contributed by atoms with Crippen LogP contribution in [-0.2, 0) is 4.79 Å². The molecule has 1 amide bonds. The van der Waals surface area contributed by atoms with E-state index in [2.05, 4.69) is 16.4 Å². The van der Waals surface area contributed by atoms with Crippen LogP contribution in [0.1, 0.15) is 24.0 Å². The lowest BCUT2D eigenvalue weighted by Gasteiger charge is -2.19. The molecular weight excluding hydrogens is 350 g/mol. The Hall–Kier alpha value is -2.50. The predicted octanol–water partition coefficient (Wildman–Crippen LogP) is 3.19. The van der Waals surface area contributed by atoms with Gasteiger partial charge in [0.25, 0.3) is 0 Å². The molecule has 2 atom stereocenters. The normalized spacial score (nSPS) is 12.9. The number of rotatable bonds is 6. The first-order valence-electron chi connectivity index (χ1n) is 8.33. The molecule has 2 unspecified atom stereocenters. The molecule has 0 aliphatic heterocycles. The monoisotopic (exact) mass is 373 g/mol. The maximum atomic E-state index is 11.9. The molecule has 4 N–H and O–H groups in total. The van der Waals surface area contributed by atoms with Crippen molar-refractivity contribution in [2.45, 2.75) is 18.9 Å². The van der Waals surface area contributed by atoms with Gasteiger partial charge in [-0.15, -0.1) is 12.4 Å². The van der Waals surface area contributed by atoms with Crippen LogP contribution in [0.4, 0.5) is 0 Å². The number of fused-ring (bicyclic) bond motifs is 1. The van der Waals surface area contributed by atoms with Crippen LogP contribution >= 0.6 is 12.4 Å². The average Bonchev–Trinajstić information content (AvgIpc) is 3.06. The van der Waals surface area contributed by atoms with Gasteiger partial charge in [0.15, 0.2) is 0 Å². The Morgan fingerprint density at radius 1 is 1.19 bits per heavy atom. The molecule has 0 saturated heterocycles. The van der Waals surface area contributed by atoms with E-state index in [1.807, 2.05) is 48.7 Å². The first-order chi connectivity index (χ1) is 12.1. The van der Waals surface area contributed by atoms with Crippen LogP contribution in [0.5, 0.6) is 5.75 Å². The second-order valence-corrected chi connectivity index (χ2v) is 6.15. The summed E-state index contributed by atoms with van der Waals surface area (Å²) in [5, 5.41) is 4.10. The minimum absolute atomic E-state index is 0. The van der Waals surface area contributed by atoms with Crippen LogP contribution in [-0.4, -0.2) is 30.6 Å². The second kappa shape index (κ2) is 8.74. The maximum absolute atomic E-state index is 11.9. The molecule has 0 saturated carbocycles. The van der Waals surface area contributed by atoms with Crippen molar-refractivity contribution in [3.8, 4) is 5.75 Å². The molecule has 0 spiro atoms. The topological polar surface area (TPSA) is 80.1 Å². The lowest BCUT2D eigenvalue weighted by Crippen LogP contribution is -2.40. The molecule has 1 heterocycles. The van der Waals surface area contributed by atoms with Gasteiger partial charge in [0, 0.05) is 29.6 Å². The highest BCUT2D eigenvalue weighted by Crippen LogP contribution is 2.31. The molecule has 5 nitrogen and oxygen atoms in total. The van der Waals surface area contributed by atoms with E-state index >= 15 is 0 Å². The third kappa shape index (κ3) is 4.18. The van der Waals surface area contributed by atoms with E-state index in [1.54, 1.807) is 14.0 Å². The lowest BCUT2D eigenvalue weighted by molar-refractivity contribution is -0.122. The summed E-state index contributed by atoms with van der Waals surface area (Å²) < 4.78 is 5.25. The number of carbonyl (C=O) groups is 1. The smallest absolute Gasteiger partial charge is 0.236 e. The third-order valence-corrected chi connectivity index (χ3v) is 4.41. The number of carbonyl (C=O) groups excluding carboxylic acids is 1. The van der Waals surface area contributed by atoms with Crippen LogP contribution in [0.15, 0.2) is 54.7 Å². The fraction of sp³-hybridized carbons (Fsp3) is 0.250. The van der Waals surface area contributed by atoms with Gasteiger partial charge in [-0.05, 0) is 36.2 Å². The van der Waals surface area contributed by atoms with Gasteiger partial charge in [0.05, 0.1) is 13.2 Å². The SMILES string of the molecule is COc1ccc(C(CNC(=O)C(C)N)c2c[nH]c3ccccc23)cc1.Cl. The fourth-order valence-electron chi connectivity index (χ4n) is 2.99. The maximum Gasteiger partial charge on any atom is 0.236 e. The van der Waals surface area contributed by atoms with Crippen molar-refractivity contribution in [2.75, 3.05) is 13.7 Å². The van der Waals surface area contributed by atoms with Crippen molar-refractivity contribution in [3.63, 3.8) is 0 Å². The van der Waals surface area contributed by atoms with Crippen LogP contribution in [0.2, 0.25) is 0 Å². The largest absolute Gasteiger partial charge is 0.497 e. The molecular formula is C20H24ClN3O2. The standard InChI is InChI=1S/C20H23N3O2.ClH/c1-13(21)20(24)23-11-17(14-7-9-15(25-2)10-8-14)18-12-22-19-6-4-3-5-16(18)19;/h3-10,12-13,17,22H,11,21H2,1-2H3,(H,23,24);1H. The van der Waals surface area contributed by atoms with Crippen LogP contribution < -0.4 is 15.8 Å². The Labute approximate surface area is 159 Å². The van der Waals surface area contributed by atoms with E-state index in [0.717, 1.165) is 27.8 Å². The molecule has 0 fully saturated rings. The zero-order valence-corrected chi connectivity index (χ0v) is 15.7. The first kappa shape index (κ1) is 19.8. The zero-order valence-electron chi connectivity index (χ0n) is 14.9. The molecule has 0 radical (unpaired) electrons. The number of H-pyrrole nitrogens is 1. The number of methoxy groups -OCH3 is 1. The highest BCUT2D eigenvalue weighted by molar-refractivity contribution is 5.85. The van der Waals surface area contributed by atoms with Crippen molar-refractivity contribution in [1.82, 2.24) is 10.3 Å². The Morgan fingerprint density at radius 2 is 1.88 bits per heavy atom. The Morgan fingerprint density at radius 3 is 2.54 bits per heavy atom. The van der Waals surface area contributed by atoms with Gasteiger partial charge in [-0.3, -0.25) is 4.79 Å². The van der Waals surface area contributed by atoms with E-state index < -0.39 is 6.04 Å². The molecule has 3 aromatic rings. The minimum atomic E-state index is -0.528. The summed E-state index contributed by atoms with van der Waals surface area (Å²) in [6.07, 6.45) is 2.01. The van der Waals surface area contributed by atoms with Gasteiger partial charge in [-0.25, -0.2) is 0 Å². The van der Waals surface area contributed by atoms with Crippen molar-refractivity contribution in [1.29, 1.82) is 0 Å². The number of para-hydroxylation sites is 1. The van der Waals surface area contributed by atoms with Crippen molar-refractivity contribution in [3.05, 3.63) is 65.9 Å². The van der Waals surface area contributed by atoms with E-state index in [-0.39, 0.29) is 24.2 Å². The number of halogens is 1. The summed E-state index contributed by atoms with van der Waals surface area (Å²) in [7, 11) is 1.65. The van der Waals surface area contributed by atoms with E-state index in [4.69, 9.17) is 10.5 Å². The molecule has 0 aliphatic rings. The van der Waals surface area contributed by atoms with Gasteiger partial charge < -0.3 is 20.8 Å². The number of nitrogens with one attached hydrogen (secondary N) is 2. The molecule has 0 aliphatic carbocycles. The highest BCUT2D eigenvalue weighted by Gasteiger charge is 2.20.